The number of thioether (sulfide) groups is 1. The Morgan fingerprint density at radius 3 is 2.29 bits per heavy atom. The number of alkyl carbamates (subject to hydrolysis) is 1. The van der Waals surface area contributed by atoms with Crippen LogP contribution in [-0.4, -0.2) is 131 Å². The standard InChI is InChI=1S/C34H50F3N7O10S/c1-50-26-18-23(33(43-44-33)34(35,36)37)9-8-22(26)20-54-32(49)40-19-25(45)30(47)39-11-5-13-52-15-17-53-16-14-51-12-4-10-38-28(46)7-3-2-6-27-29-24(21-55-27)41-31(48)42-29/h8-9,18,24-25,27,29,45H,2-7,10-17,19-21H2,1H3,(H,38,46)(H,39,47)(H,40,49)(H2,41,42,48)/t24-,25-,27-,29-/m0/s1. The van der Waals surface area contributed by atoms with Crippen LogP contribution in [0.25, 0.3) is 0 Å². The lowest BCUT2D eigenvalue weighted by Gasteiger charge is -2.17. The van der Waals surface area contributed by atoms with Gasteiger partial charge in [-0.15, -0.1) is 10.2 Å². The van der Waals surface area contributed by atoms with E-state index < -0.39 is 36.5 Å². The van der Waals surface area contributed by atoms with E-state index in [0.29, 0.717) is 70.7 Å². The van der Waals surface area contributed by atoms with Crippen LogP contribution in [0.15, 0.2) is 28.4 Å². The maximum Gasteiger partial charge on any atom is 0.442 e. The fourth-order valence-corrected chi connectivity index (χ4v) is 7.34. The highest BCUT2D eigenvalue weighted by Crippen LogP contribution is 2.53. The summed E-state index contributed by atoms with van der Waals surface area (Å²) < 4.78 is 66.5. The molecule has 21 heteroatoms. The van der Waals surface area contributed by atoms with Crippen LogP contribution in [0.3, 0.4) is 0 Å². The van der Waals surface area contributed by atoms with Crippen molar-refractivity contribution in [2.75, 3.05) is 72.1 Å². The highest BCUT2D eigenvalue weighted by molar-refractivity contribution is 8.00. The van der Waals surface area contributed by atoms with Gasteiger partial charge in [-0.05, 0) is 31.7 Å². The molecule has 2 saturated heterocycles. The van der Waals surface area contributed by atoms with Crippen LogP contribution in [0.1, 0.15) is 49.7 Å². The number of halogens is 3. The molecule has 1 aromatic carbocycles. The molecule has 0 unspecified atom stereocenters. The quantitative estimate of drug-likeness (QED) is 0.0589. The van der Waals surface area contributed by atoms with Gasteiger partial charge in [0.1, 0.15) is 18.5 Å². The Kier molecular flexibility index (Phi) is 17.5. The maximum absolute atomic E-state index is 13.3. The molecule has 0 aliphatic carbocycles. The molecular weight excluding hydrogens is 755 g/mol. The number of ether oxygens (including phenoxy) is 5. The summed E-state index contributed by atoms with van der Waals surface area (Å²) >= 11 is 1.88. The molecular formula is C34H50F3N7O10S. The van der Waals surface area contributed by atoms with Crippen molar-refractivity contribution in [1.82, 2.24) is 26.6 Å². The van der Waals surface area contributed by atoms with Gasteiger partial charge in [0.2, 0.25) is 5.91 Å². The van der Waals surface area contributed by atoms with Gasteiger partial charge in [-0.25, -0.2) is 9.59 Å². The number of urea groups is 1. The van der Waals surface area contributed by atoms with E-state index in [4.69, 9.17) is 23.7 Å². The zero-order chi connectivity index (χ0) is 39.7. The Bertz CT molecular complexity index is 1450. The summed E-state index contributed by atoms with van der Waals surface area (Å²) in [6.07, 6.45) is -2.80. The number of hydrogen-bond acceptors (Lipinski definition) is 13. The zero-order valence-corrected chi connectivity index (χ0v) is 31.4. The number of amides is 5. The van der Waals surface area contributed by atoms with Crippen LogP contribution >= 0.6 is 11.8 Å². The molecule has 2 fully saturated rings. The van der Waals surface area contributed by atoms with Crippen LogP contribution in [-0.2, 0) is 40.8 Å². The van der Waals surface area contributed by atoms with Crippen molar-refractivity contribution in [2.24, 2.45) is 10.2 Å². The lowest BCUT2D eigenvalue weighted by molar-refractivity contribution is -0.166. The number of benzene rings is 1. The number of alkyl halides is 3. The normalized spacial score (nSPS) is 19.9. The molecule has 55 heavy (non-hydrogen) atoms. The first kappa shape index (κ1) is 43.8. The monoisotopic (exact) mass is 805 g/mol. The Morgan fingerprint density at radius 1 is 0.964 bits per heavy atom. The van der Waals surface area contributed by atoms with Crippen LogP contribution in [0.4, 0.5) is 22.8 Å². The molecule has 0 saturated carbocycles. The van der Waals surface area contributed by atoms with E-state index in [2.05, 4.69) is 36.8 Å². The summed E-state index contributed by atoms with van der Waals surface area (Å²) in [5, 5.41) is 30.3. The summed E-state index contributed by atoms with van der Waals surface area (Å²) in [6, 6.07) is 3.92. The van der Waals surface area contributed by atoms with Crippen molar-refractivity contribution in [2.45, 2.75) is 80.4 Å². The summed E-state index contributed by atoms with van der Waals surface area (Å²) in [6.45, 7) is 2.35. The van der Waals surface area contributed by atoms with Crippen LogP contribution < -0.4 is 31.3 Å². The first-order valence-electron chi connectivity index (χ1n) is 18.2. The van der Waals surface area contributed by atoms with Gasteiger partial charge in [-0.2, -0.15) is 24.9 Å². The first-order chi connectivity index (χ1) is 26.4. The van der Waals surface area contributed by atoms with E-state index in [-0.39, 0.29) is 54.1 Å². The largest absolute Gasteiger partial charge is 0.496 e. The van der Waals surface area contributed by atoms with Gasteiger partial charge in [-0.3, -0.25) is 9.59 Å². The number of unbranched alkanes of at least 4 members (excludes halogenated alkanes) is 1. The van der Waals surface area contributed by atoms with E-state index in [0.717, 1.165) is 31.1 Å². The van der Waals surface area contributed by atoms with Gasteiger partial charge in [0, 0.05) is 54.9 Å². The Morgan fingerprint density at radius 2 is 1.64 bits per heavy atom. The summed E-state index contributed by atoms with van der Waals surface area (Å²) in [5.74, 6) is 0.297. The van der Waals surface area contributed by atoms with E-state index >= 15 is 0 Å². The van der Waals surface area contributed by atoms with Gasteiger partial charge < -0.3 is 55.4 Å². The summed E-state index contributed by atoms with van der Waals surface area (Å²) in [4.78, 5) is 47.7. The number of nitrogens with zero attached hydrogens (tertiary/aromatic N) is 2. The number of methoxy groups -OCH3 is 1. The maximum atomic E-state index is 13.3. The highest BCUT2D eigenvalue weighted by atomic mass is 32.2. The molecule has 3 aliphatic rings. The van der Waals surface area contributed by atoms with Crippen molar-refractivity contribution >= 4 is 35.7 Å². The lowest BCUT2D eigenvalue weighted by atomic mass is 10.0. The predicted molar refractivity (Wildman–Crippen MR) is 191 cm³/mol. The minimum Gasteiger partial charge on any atom is -0.496 e. The number of nitrogens with one attached hydrogen (secondary N) is 5. The van der Waals surface area contributed by atoms with E-state index in [1.54, 1.807) is 0 Å². The number of aliphatic hydroxyl groups is 1. The highest BCUT2D eigenvalue weighted by Gasteiger charge is 2.65. The van der Waals surface area contributed by atoms with E-state index in [1.165, 1.54) is 19.2 Å². The minimum absolute atomic E-state index is 0.0323. The number of rotatable bonds is 26. The molecule has 6 N–H and O–H groups in total. The number of carbonyl (C=O) groups excluding carboxylic acids is 4. The predicted octanol–water partition coefficient (Wildman–Crippen LogP) is 2.25. The van der Waals surface area contributed by atoms with Crippen LogP contribution in [0, 0.1) is 0 Å². The Balaban J connectivity index is 0.892. The average molecular weight is 806 g/mol. The van der Waals surface area contributed by atoms with Crippen LogP contribution in [0.2, 0.25) is 0 Å². The fraction of sp³-hybridized carbons (Fsp3) is 0.706. The third-order valence-corrected chi connectivity index (χ3v) is 10.4. The third kappa shape index (κ3) is 14.0. The molecule has 0 spiro atoms. The zero-order valence-electron chi connectivity index (χ0n) is 30.6. The van der Waals surface area contributed by atoms with Crippen molar-refractivity contribution in [1.29, 1.82) is 0 Å². The van der Waals surface area contributed by atoms with Crippen LogP contribution in [0.5, 0.6) is 5.75 Å². The van der Waals surface area contributed by atoms with Gasteiger partial charge in [0.05, 0.1) is 52.2 Å². The molecule has 17 nitrogen and oxygen atoms in total. The molecule has 0 radical (unpaired) electrons. The third-order valence-electron chi connectivity index (χ3n) is 8.86. The molecule has 4 atom stereocenters. The smallest absolute Gasteiger partial charge is 0.442 e. The van der Waals surface area contributed by atoms with E-state index in [1.807, 2.05) is 11.8 Å². The van der Waals surface area contributed by atoms with Crippen molar-refractivity contribution in [3.63, 3.8) is 0 Å². The molecule has 4 rings (SSSR count). The molecule has 5 amide bonds. The number of fused-ring (bicyclic) bond motifs is 1. The van der Waals surface area contributed by atoms with Gasteiger partial charge >= 0.3 is 24.0 Å². The summed E-state index contributed by atoms with van der Waals surface area (Å²) in [5.41, 5.74) is -2.57. The Hall–Kier alpha value is -3.92. The molecule has 308 valence electrons. The first-order valence-corrected chi connectivity index (χ1v) is 19.2. The van der Waals surface area contributed by atoms with Gasteiger partial charge in [0.25, 0.3) is 5.91 Å². The van der Waals surface area contributed by atoms with Gasteiger partial charge in [0.15, 0.2) is 0 Å². The minimum atomic E-state index is -4.70. The second kappa shape index (κ2) is 22.0. The molecule has 0 aromatic heterocycles. The van der Waals surface area contributed by atoms with Gasteiger partial charge in [-0.1, -0.05) is 18.6 Å². The Labute approximate surface area is 320 Å². The lowest BCUT2D eigenvalue weighted by Crippen LogP contribution is -2.43. The second-order valence-corrected chi connectivity index (χ2v) is 14.2. The second-order valence-electron chi connectivity index (χ2n) is 12.9. The SMILES string of the molecule is COc1cc(C2(C(F)(F)F)N=N2)ccc1COC(=O)NC[C@H](O)C(=O)NCCCOCCOCCOCCCNC(=O)CCCC[C@@H]1SC[C@@H]2NC(=O)N[C@@H]21. The number of aliphatic hydroxyl groups excluding tert-OH is 1. The number of carbonyl (C=O) groups is 4. The average Bonchev–Trinajstić information content (AvgIpc) is 3.80. The molecule has 3 aliphatic heterocycles. The van der Waals surface area contributed by atoms with Crippen molar-refractivity contribution in [3.05, 3.63) is 29.3 Å². The fourth-order valence-electron chi connectivity index (χ4n) is 5.80. The number of hydrogen-bond donors (Lipinski definition) is 6. The summed E-state index contributed by atoms with van der Waals surface area (Å²) in [7, 11) is 1.25. The van der Waals surface area contributed by atoms with Crippen molar-refractivity contribution in [3.8, 4) is 5.75 Å². The van der Waals surface area contributed by atoms with Crippen molar-refractivity contribution < 1.29 is 61.1 Å². The topological polar surface area (TPSA) is 220 Å². The van der Waals surface area contributed by atoms with E-state index in [9.17, 15) is 37.5 Å². The molecule has 0 bridgehead atoms. The molecule has 3 heterocycles. The molecule has 1 aromatic rings.